The van der Waals surface area contributed by atoms with Crippen molar-refractivity contribution in [3.63, 3.8) is 0 Å². The van der Waals surface area contributed by atoms with E-state index >= 15 is 0 Å². The van der Waals surface area contributed by atoms with Crippen LogP contribution in [-0.4, -0.2) is 100 Å². The topological polar surface area (TPSA) is 253 Å². The number of nitrogens with one attached hydrogen (secondary N) is 3. The van der Waals surface area contributed by atoms with Gasteiger partial charge in [0.15, 0.2) is 6.29 Å². The van der Waals surface area contributed by atoms with Crippen LogP contribution in [0.1, 0.15) is 33.6 Å². The number of aliphatic hydroxyl groups is 2. The number of ether oxygens (including phenoxy) is 2. The Hall–Kier alpha value is -2.85. The van der Waals surface area contributed by atoms with Gasteiger partial charge in [-0.1, -0.05) is 0 Å². The molecule has 0 aliphatic carbocycles. The maximum Gasteiger partial charge on any atom is 0.303 e. The van der Waals surface area contributed by atoms with Crippen molar-refractivity contribution in [2.45, 2.75) is 82.4 Å². The first kappa shape index (κ1) is 29.2. The first-order valence-corrected chi connectivity index (χ1v) is 10.5. The van der Waals surface area contributed by atoms with Crippen molar-refractivity contribution in [2.24, 2.45) is 11.5 Å². The molecule has 1 aliphatic rings. The van der Waals surface area contributed by atoms with Gasteiger partial charge in [-0.05, 0) is 20.3 Å². The van der Waals surface area contributed by atoms with Gasteiger partial charge in [0.05, 0.1) is 0 Å². The summed E-state index contributed by atoms with van der Waals surface area (Å²) in [5.41, 5.74) is 10.7. The van der Waals surface area contributed by atoms with Crippen molar-refractivity contribution in [2.75, 3.05) is 6.54 Å². The van der Waals surface area contributed by atoms with Gasteiger partial charge in [0.1, 0.15) is 42.5 Å². The molecule has 15 nitrogen and oxygen atoms in total. The summed E-state index contributed by atoms with van der Waals surface area (Å²) < 4.78 is 10.8. The van der Waals surface area contributed by atoms with Crippen LogP contribution in [0.5, 0.6) is 0 Å². The van der Waals surface area contributed by atoms with Crippen molar-refractivity contribution < 1.29 is 48.8 Å². The van der Waals surface area contributed by atoms with Gasteiger partial charge in [-0.15, -0.1) is 0 Å². The van der Waals surface area contributed by atoms with E-state index in [1.54, 1.807) is 0 Å². The lowest BCUT2D eigenvalue weighted by Gasteiger charge is -2.43. The molecule has 8 atom stereocenters. The summed E-state index contributed by atoms with van der Waals surface area (Å²) >= 11 is 0. The first-order valence-electron chi connectivity index (χ1n) is 10.5. The van der Waals surface area contributed by atoms with Crippen LogP contribution in [0.25, 0.3) is 0 Å². The Balaban J connectivity index is 2.80. The Bertz CT molecular complexity index is 766. The fraction of sp³-hybridized carbons (Fsp3) is 0.737. The summed E-state index contributed by atoms with van der Waals surface area (Å²) in [5, 5.41) is 36.4. The Kier molecular flexibility index (Phi) is 11.3. The number of carboxylic acid groups (broad SMARTS) is 1. The molecule has 194 valence electrons. The number of hydrogen-bond donors (Lipinski definition) is 8. The van der Waals surface area contributed by atoms with Crippen molar-refractivity contribution in [3.8, 4) is 0 Å². The lowest BCUT2D eigenvalue weighted by atomic mass is 9.96. The van der Waals surface area contributed by atoms with E-state index in [-0.39, 0.29) is 13.0 Å². The van der Waals surface area contributed by atoms with Gasteiger partial charge in [-0.25, -0.2) is 0 Å². The second kappa shape index (κ2) is 13.1. The van der Waals surface area contributed by atoms with Crippen LogP contribution in [0.15, 0.2) is 0 Å². The fourth-order valence-corrected chi connectivity index (χ4v) is 3.22. The third kappa shape index (κ3) is 8.49. The summed E-state index contributed by atoms with van der Waals surface area (Å²) in [6.45, 7) is 3.63. The van der Waals surface area contributed by atoms with Gasteiger partial charge < -0.3 is 52.2 Å². The SMILES string of the molecule is CC(=O)N[C@H]1C(O[C@H](C)C(=O)N[C@@H](C)C(=O)N[C@H](CCC(=O)O)C(N)=O)C(O)C(CN)O[C@H]1O. The van der Waals surface area contributed by atoms with E-state index < -0.39 is 84.9 Å². The number of hydrogen-bond acceptors (Lipinski definition) is 10. The van der Waals surface area contributed by atoms with Gasteiger partial charge in [0.25, 0.3) is 0 Å². The Labute approximate surface area is 195 Å². The smallest absolute Gasteiger partial charge is 0.303 e. The monoisotopic (exact) mass is 491 g/mol. The van der Waals surface area contributed by atoms with Crippen molar-refractivity contribution in [1.29, 1.82) is 0 Å². The molecule has 1 saturated heterocycles. The molecular weight excluding hydrogens is 458 g/mol. The summed E-state index contributed by atoms with van der Waals surface area (Å²) in [4.78, 5) is 58.5. The molecule has 0 aromatic carbocycles. The maximum absolute atomic E-state index is 12.6. The van der Waals surface area contributed by atoms with Crippen LogP contribution in [0.3, 0.4) is 0 Å². The largest absolute Gasteiger partial charge is 0.481 e. The molecular formula is C19H33N5O10. The number of carboxylic acids is 1. The molecule has 3 unspecified atom stereocenters. The van der Waals surface area contributed by atoms with Gasteiger partial charge >= 0.3 is 5.97 Å². The third-order valence-corrected chi connectivity index (χ3v) is 5.08. The molecule has 0 saturated carbocycles. The molecule has 0 aromatic rings. The lowest BCUT2D eigenvalue weighted by molar-refractivity contribution is -0.258. The zero-order chi connectivity index (χ0) is 26.2. The number of nitrogens with two attached hydrogens (primary N) is 2. The molecule has 15 heteroatoms. The second-order valence-electron chi connectivity index (χ2n) is 7.89. The van der Waals surface area contributed by atoms with E-state index in [0.717, 1.165) is 0 Å². The zero-order valence-corrected chi connectivity index (χ0v) is 19.1. The Morgan fingerprint density at radius 1 is 1.09 bits per heavy atom. The highest BCUT2D eigenvalue weighted by Gasteiger charge is 2.46. The average molecular weight is 491 g/mol. The molecule has 1 heterocycles. The van der Waals surface area contributed by atoms with Crippen LogP contribution in [0.4, 0.5) is 0 Å². The molecule has 0 aromatic heterocycles. The highest BCUT2D eigenvalue weighted by atomic mass is 16.6. The lowest BCUT2D eigenvalue weighted by Crippen LogP contribution is -2.66. The fourth-order valence-electron chi connectivity index (χ4n) is 3.22. The van der Waals surface area contributed by atoms with Crippen LogP contribution >= 0.6 is 0 Å². The molecule has 10 N–H and O–H groups in total. The summed E-state index contributed by atoms with van der Waals surface area (Å²) in [7, 11) is 0. The van der Waals surface area contributed by atoms with Gasteiger partial charge in [-0.3, -0.25) is 24.0 Å². The minimum Gasteiger partial charge on any atom is -0.481 e. The van der Waals surface area contributed by atoms with E-state index in [0.29, 0.717) is 0 Å². The summed E-state index contributed by atoms with van der Waals surface area (Å²) in [5.74, 6) is -4.24. The van der Waals surface area contributed by atoms with Crippen LogP contribution in [0.2, 0.25) is 0 Å². The van der Waals surface area contributed by atoms with Crippen LogP contribution < -0.4 is 27.4 Å². The number of carbonyl (C=O) groups excluding carboxylic acids is 4. The van der Waals surface area contributed by atoms with Gasteiger partial charge in [0, 0.05) is 19.9 Å². The van der Waals surface area contributed by atoms with E-state index in [2.05, 4.69) is 16.0 Å². The van der Waals surface area contributed by atoms with Gasteiger partial charge in [-0.2, -0.15) is 0 Å². The number of rotatable bonds is 12. The number of aliphatic carboxylic acids is 1. The molecule has 34 heavy (non-hydrogen) atoms. The minimum atomic E-state index is -1.57. The standard InChI is InChI=1S/C19H33N5O10/c1-7(17(30)24-10(16(21)29)4-5-12(26)27)22-18(31)8(2)33-15-13(23-9(3)25)19(32)34-11(6-20)14(15)28/h7-8,10-11,13-15,19,28,32H,4-6,20H2,1-3H3,(H2,21,29)(H,22,31)(H,23,25)(H,24,30)(H,26,27)/t7-,8+,10+,11?,13-,14?,15?,19+/m0/s1. The zero-order valence-electron chi connectivity index (χ0n) is 19.1. The predicted octanol–water partition coefficient (Wildman–Crippen LogP) is -4.36. The Morgan fingerprint density at radius 2 is 1.71 bits per heavy atom. The van der Waals surface area contributed by atoms with Crippen LogP contribution in [0, 0.1) is 0 Å². The minimum absolute atomic E-state index is 0.175. The van der Waals surface area contributed by atoms with Crippen molar-refractivity contribution in [3.05, 3.63) is 0 Å². The number of aliphatic hydroxyl groups excluding tert-OH is 2. The van der Waals surface area contributed by atoms with E-state index in [1.807, 2.05) is 0 Å². The Morgan fingerprint density at radius 3 is 2.21 bits per heavy atom. The second-order valence-corrected chi connectivity index (χ2v) is 7.89. The third-order valence-electron chi connectivity index (χ3n) is 5.08. The van der Waals surface area contributed by atoms with E-state index in [9.17, 15) is 34.2 Å². The summed E-state index contributed by atoms with van der Waals surface area (Å²) in [6.07, 6.45) is -7.17. The molecule has 1 fully saturated rings. The average Bonchev–Trinajstić information content (AvgIpc) is 2.74. The maximum atomic E-state index is 12.6. The van der Waals surface area contributed by atoms with E-state index in [1.165, 1.54) is 20.8 Å². The highest BCUT2D eigenvalue weighted by molar-refractivity contribution is 5.92. The number of amides is 4. The van der Waals surface area contributed by atoms with Crippen molar-refractivity contribution in [1.82, 2.24) is 16.0 Å². The number of carbonyl (C=O) groups is 5. The normalized spacial score (nSPS) is 27.1. The summed E-state index contributed by atoms with van der Waals surface area (Å²) in [6, 6.07) is -3.63. The molecule has 0 spiro atoms. The first-order chi connectivity index (χ1) is 15.8. The quantitative estimate of drug-likeness (QED) is 0.129. The molecule has 1 aliphatic heterocycles. The highest BCUT2D eigenvalue weighted by Crippen LogP contribution is 2.23. The van der Waals surface area contributed by atoms with Gasteiger partial charge in [0.2, 0.25) is 23.6 Å². The predicted molar refractivity (Wildman–Crippen MR) is 113 cm³/mol. The molecule has 0 bridgehead atoms. The number of primary amides is 1. The molecule has 1 rings (SSSR count). The van der Waals surface area contributed by atoms with Crippen molar-refractivity contribution >= 4 is 29.6 Å². The van der Waals surface area contributed by atoms with Crippen LogP contribution in [-0.2, 0) is 33.4 Å². The van der Waals surface area contributed by atoms with E-state index in [4.69, 9.17) is 26.0 Å². The molecule has 4 amide bonds. The molecule has 0 radical (unpaired) electrons.